The summed E-state index contributed by atoms with van der Waals surface area (Å²) in [6, 6.07) is 9.89. The van der Waals surface area contributed by atoms with Gasteiger partial charge in [0, 0.05) is 32.3 Å². The van der Waals surface area contributed by atoms with Crippen LogP contribution >= 0.6 is 0 Å². The van der Waals surface area contributed by atoms with E-state index in [1.807, 2.05) is 50.2 Å². The number of carbonyl (C=O) groups excluding carboxylic acids is 2. The second kappa shape index (κ2) is 8.86. The fourth-order valence-electron chi connectivity index (χ4n) is 2.32. The average molecular weight is 343 g/mol. The lowest BCUT2D eigenvalue weighted by Gasteiger charge is -2.13. The van der Waals surface area contributed by atoms with Crippen LogP contribution in [0.1, 0.15) is 25.3 Å². The van der Waals surface area contributed by atoms with Crippen LogP contribution in [-0.2, 0) is 16.1 Å². The lowest BCUT2D eigenvalue weighted by molar-refractivity contribution is -0.124. The number of anilines is 2. The standard InChI is InChI=1S/C18H25N5O2/c1-4-5-17(24)19-12-18(25)21-16-10-11-20-23(16)13-14-6-8-15(9-7-14)22(2)3/h6-11H,4-5,12-13H2,1-3H3,(H,19,24)(H,21,25). The number of aromatic nitrogens is 2. The van der Waals surface area contributed by atoms with E-state index in [0.717, 1.165) is 17.7 Å². The molecule has 7 heteroatoms. The van der Waals surface area contributed by atoms with Crippen molar-refractivity contribution in [1.82, 2.24) is 15.1 Å². The largest absolute Gasteiger partial charge is 0.378 e. The van der Waals surface area contributed by atoms with E-state index in [1.54, 1.807) is 16.9 Å². The molecule has 1 heterocycles. The van der Waals surface area contributed by atoms with Gasteiger partial charge in [0.2, 0.25) is 11.8 Å². The van der Waals surface area contributed by atoms with Crippen LogP contribution < -0.4 is 15.5 Å². The van der Waals surface area contributed by atoms with Gasteiger partial charge in [0.15, 0.2) is 0 Å². The van der Waals surface area contributed by atoms with Gasteiger partial charge < -0.3 is 15.5 Å². The molecule has 0 aliphatic carbocycles. The zero-order chi connectivity index (χ0) is 18.2. The molecule has 25 heavy (non-hydrogen) atoms. The van der Waals surface area contributed by atoms with Gasteiger partial charge in [-0.1, -0.05) is 19.1 Å². The molecule has 0 aliphatic rings. The monoisotopic (exact) mass is 343 g/mol. The second-order valence-corrected chi connectivity index (χ2v) is 6.01. The highest BCUT2D eigenvalue weighted by atomic mass is 16.2. The number of benzene rings is 1. The van der Waals surface area contributed by atoms with Gasteiger partial charge in [-0.05, 0) is 24.1 Å². The molecule has 0 atom stereocenters. The van der Waals surface area contributed by atoms with Gasteiger partial charge in [-0.2, -0.15) is 5.10 Å². The quantitative estimate of drug-likeness (QED) is 0.767. The molecule has 0 unspecified atom stereocenters. The van der Waals surface area contributed by atoms with E-state index in [0.29, 0.717) is 18.8 Å². The van der Waals surface area contributed by atoms with Gasteiger partial charge >= 0.3 is 0 Å². The smallest absolute Gasteiger partial charge is 0.244 e. The number of hydrogen-bond donors (Lipinski definition) is 2. The van der Waals surface area contributed by atoms with Crippen molar-refractivity contribution in [3.8, 4) is 0 Å². The zero-order valence-electron chi connectivity index (χ0n) is 15.0. The number of nitrogens with one attached hydrogen (secondary N) is 2. The van der Waals surface area contributed by atoms with Crippen molar-refractivity contribution >= 4 is 23.3 Å². The van der Waals surface area contributed by atoms with Crippen LogP contribution in [0, 0.1) is 0 Å². The van der Waals surface area contributed by atoms with Crippen molar-refractivity contribution in [2.75, 3.05) is 30.9 Å². The summed E-state index contributed by atoms with van der Waals surface area (Å²) in [5.41, 5.74) is 2.21. The summed E-state index contributed by atoms with van der Waals surface area (Å²) in [5.74, 6) is 0.215. The van der Waals surface area contributed by atoms with E-state index in [-0.39, 0.29) is 18.4 Å². The number of hydrogen-bond acceptors (Lipinski definition) is 4. The molecule has 0 spiro atoms. The Balaban J connectivity index is 1.93. The molecule has 2 rings (SSSR count). The molecule has 2 aromatic rings. The summed E-state index contributed by atoms with van der Waals surface area (Å²) in [5, 5.41) is 9.62. The molecule has 0 fully saturated rings. The number of rotatable bonds is 8. The Kier molecular flexibility index (Phi) is 6.56. The predicted molar refractivity (Wildman–Crippen MR) is 98.6 cm³/mol. The fraction of sp³-hybridized carbons (Fsp3) is 0.389. The highest BCUT2D eigenvalue weighted by Gasteiger charge is 2.09. The third-order valence-electron chi connectivity index (χ3n) is 3.69. The number of carbonyl (C=O) groups is 2. The van der Waals surface area contributed by atoms with E-state index in [9.17, 15) is 9.59 Å². The van der Waals surface area contributed by atoms with Gasteiger partial charge in [-0.15, -0.1) is 0 Å². The van der Waals surface area contributed by atoms with Crippen LogP contribution in [0.15, 0.2) is 36.5 Å². The Labute approximate surface area is 148 Å². The molecule has 1 aromatic carbocycles. The Bertz CT molecular complexity index is 707. The van der Waals surface area contributed by atoms with E-state index in [1.165, 1.54) is 0 Å². The summed E-state index contributed by atoms with van der Waals surface area (Å²) >= 11 is 0. The molecule has 134 valence electrons. The topological polar surface area (TPSA) is 79.3 Å². The molecule has 0 saturated carbocycles. The summed E-state index contributed by atoms with van der Waals surface area (Å²) in [7, 11) is 3.99. The number of amides is 2. The third-order valence-corrected chi connectivity index (χ3v) is 3.69. The Hall–Kier alpha value is -2.83. The molecular weight excluding hydrogens is 318 g/mol. The van der Waals surface area contributed by atoms with Gasteiger partial charge in [0.25, 0.3) is 0 Å². The highest BCUT2D eigenvalue weighted by molar-refractivity contribution is 5.93. The summed E-state index contributed by atoms with van der Waals surface area (Å²) < 4.78 is 1.72. The fourth-order valence-corrected chi connectivity index (χ4v) is 2.32. The van der Waals surface area contributed by atoms with Crippen molar-refractivity contribution in [1.29, 1.82) is 0 Å². The van der Waals surface area contributed by atoms with E-state index in [4.69, 9.17) is 0 Å². The summed E-state index contributed by atoms with van der Waals surface area (Å²) in [6.45, 7) is 2.43. The first kappa shape index (κ1) is 18.5. The van der Waals surface area contributed by atoms with Crippen LogP contribution in [-0.4, -0.2) is 42.2 Å². The molecule has 2 N–H and O–H groups in total. The molecule has 1 aromatic heterocycles. The van der Waals surface area contributed by atoms with Crippen molar-refractivity contribution in [3.05, 3.63) is 42.1 Å². The molecular formula is C18H25N5O2. The third kappa shape index (κ3) is 5.63. The second-order valence-electron chi connectivity index (χ2n) is 6.01. The van der Waals surface area contributed by atoms with Crippen molar-refractivity contribution in [3.63, 3.8) is 0 Å². The summed E-state index contributed by atoms with van der Waals surface area (Å²) in [4.78, 5) is 25.4. The molecule has 0 radical (unpaired) electrons. The number of nitrogens with zero attached hydrogens (tertiary/aromatic N) is 3. The SMILES string of the molecule is CCCC(=O)NCC(=O)Nc1ccnn1Cc1ccc(N(C)C)cc1. The van der Waals surface area contributed by atoms with Gasteiger partial charge in [0.05, 0.1) is 19.3 Å². The zero-order valence-corrected chi connectivity index (χ0v) is 15.0. The highest BCUT2D eigenvalue weighted by Crippen LogP contribution is 2.15. The molecule has 0 bridgehead atoms. The minimum absolute atomic E-state index is 0.0401. The van der Waals surface area contributed by atoms with Gasteiger partial charge in [0.1, 0.15) is 5.82 Å². The lowest BCUT2D eigenvalue weighted by Crippen LogP contribution is -2.33. The Morgan fingerprint density at radius 2 is 1.84 bits per heavy atom. The van der Waals surface area contributed by atoms with Crippen LogP contribution in [0.3, 0.4) is 0 Å². The van der Waals surface area contributed by atoms with Gasteiger partial charge in [-0.3, -0.25) is 9.59 Å². The lowest BCUT2D eigenvalue weighted by atomic mass is 10.2. The first-order chi connectivity index (χ1) is 12.0. The minimum Gasteiger partial charge on any atom is -0.378 e. The van der Waals surface area contributed by atoms with Crippen molar-refractivity contribution in [2.24, 2.45) is 0 Å². The van der Waals surface area contributed by atoms with Crippen LogP contribution in [0.4, 0.5) is 11.5 Å². The first-order valence-electron chi connectivity index (χ1n) is 8.34. The van der Waals surface area contributed by atoms with Crippen molar-refractivity contribution in [2.45, 2.75) is 26.3 Å². The van der Waals surface area contributed by atoms with Crippen molar-refractivity contribution < 1.29 is 9.59 Å². The Morgan fingerprint density at radius 3 is 2.48 bits per heavy atom. The summed E-state index contributed by atoms with van der Waals surface area (Å²) in [6.07, 6.45) is 2.82. The van der Waals surface area contributed by atoms with Crippen LogP contribution in [0.25, 0.3) is 0 Å². The normalized spacial score (nSPS) is 10.4. The predicted octanol–water partition coefficient (Wildman–Crippen LogP) is 1.85. The average Bonchev–Trinajstić information content (AvgIpc) is 3.00. The van der Waals surface area contributed by atoms with Crippen LogP contribution in [0.5, 0.6) is 0 Å². The molecule has 2 amide bonds. The van der Waals surface area contributed by atoms with E-state index < -0.39 is 0 Å². The Morgan fingerprint density at radius 1 is 1.12 bits per heavy atom. The van der Waals surface area contributed by atoms with Crippen LogP contribution in [0.2, 0.25) is 0 Å². The first-order valence-corrected chi connectivity index (χ1v) is 8.34. The maximum atomic E-state index is 12.0. The van der Waals surface area contributed by atoms with Gasteiger partial charge in [-0.25, -0.2) is 4.68 Å². The minimum atomic E-state index is -0.269. The molecule has 0 saturated heterocycles. The van der Waals surface area contributed by atoms with E-state index in [2.05, 4.69) is 15.7 Å². The maximum absolute atomic E-state index is 12.0. The van der Waals surface area contributed by atoms with E-state index >= 15 is 0 Å². The molecule has 7 nitrogen and oxygen atoms in total. The molecule has 0 aliphatic heterocycles. The maximum Gasteiger partial charge on any atom is 0.244 e.